The van der Waals surface area contributed by atoms with Crippen LogP contribution in [0.5, 0.6) is 5.88 Å². The Hall–Kier alpha value is -2.15. The molecule has 1 aliphatic heterocycles. The summed E-state index contributed by atoms with van der Waals surface area (Å²) in [5, 5.41) is 0. The average Bonchev–Trinajstić information content (AvgIpc) is 2.59. The summed E-state index contributed by atoms with van der Waals surface area (Å²) in [5.74, 6) is 0.469. The molecule has 1 aliphatic rings. The van der Waals surface area contributed by atoms with Crippen LogP contribution in [-0.2, 0) is 7.05 Å². The predicted octanol–water partition coefficient (Wildman–Crippen LogP) is 2.32. The molecule has 3 heterocycles. The SMILES string of the molecule is CC(C)Oc1ccc2c(n1)n(C1CCN(C(C)(C)C)CC1)c(=O)c(=O)n2C. The molecule has 148 valence electrons. The van der Waals surface area contributed by atoms with Gasteiger partial charge in [-0.2, -0.15) is 4.98 Å². The molecular weight excluding hydrogens is 344 g/mol. The van der Waals surface area contributed by atoms with Crippen molar-refractivity contribution in [3.63, 3.8) is 0 Å². The highest BCUT2D eigenvalue weighted by Crippen LogP contribution is 2.28. The van der Waals surface area contributed by atoms with Crippen LogP contribution in [0.25, 0.3) is 11.2 Å². The second-order valence-electron chi connectivity index (χ2n) is 8.59. The number of pyridine rings is 1. The normalized spacial score (nSPS) is 17.0. The maximum absolute atomic E-state index is 12.8. The van der Waals surface area contributed by atoms with E-state index in [9.17, 15) is 9.59 Å². The minimum absolute atomic E-state index is 0.0160. The van der Waals surface area contributed by atoms with Crippen molar-refractivity contribution in [2.75, 3.05) is 13.1 Å². The Morgan fingerprint density at radius 1 is 1.11 bits per heavy atom. The number of nitrogens with zero attached hydrogens (tertiary/aromatic N) is 4. The van der Waals surface area contributed by atoms with Gasteiger partial charge in [-0.05, 0) is 53.5 Å². The Bertz CT molecular complexity index is 945. The molecule has 1 fully saturated rings. The van der Waals surface area contributed by atoms with Gasteiger partial charge in [-0.3, -0.25) is 19.1 Å². The van der Waals surface area contributed by atoms with E-state index in [0.717, 1.165) is 25.9 Å². The molecule has 2 aromatic rings. The van der Waals surface area contributed by atoms with Crippen LogP contribution in [0.15, 0.2) is 21.7 Å². The maximum atomic E-state index is 12.8. The van der Waals surface area contributed by atoms with Gasteiger partial charge in [-0.1, -0.05) is 0 Å². The lowest BCUT2D eigenvalue weighted by molar-refractivity contribution is 0.0897. The maximum Gasteiger partial charge on any atom is 0.318 e. The zero-order valence-electron chi connectivity index (χ0n) is 17.2. The third-order valence-corrected chi connectivity index (χ3v) is 5.26. The molecule has 27 heavy (non-hydrogen) atoms. The smallest absolute Gasteiger partial charge is 0.318 e. The Balaban J connectivity index is 2.08. The lowest BCUT2D eigenvalue weighted by Crippen LogP contribution is -2.49. The average molecular weight is 374 g/mol. The molecule has 3 rings (SSSR count). The van der Waals surface area contributed by atoms with Gasteiger partial charge >= 0.3 is 11.1 Å². The van der Waals surface area contributed by atoms with E-state index in [1.807, 2.05) is 19.9 Å². The highest BCUT2D eigenvalue weighted by atomic mass is 16.5. The first-order valence-electron chi connectivity index (χ1n) is 9.63. The lowest BCUT2D eigenvalue weighted by atomic mass is 9.98. The van der Waals surface area contributed by atoms with Gasteiger partial charge in [0.2, 0.25) is 5.88 Å². The van der Waals surface area contributed by atoms with Gasteiger partial charge in [0.15, 0.2) is 5.65 Å². The number of likely N-dealkylation sites (tertiary alicyclic amines) is 1. The molecule has 0 atom stereocenters. The first kappa shape index (κ1) is 19.6. The number of hydrogen-bond donors (Lipinski definition) is 0. The highest BCUT2D eigenvalue weighted by molar-refractivity contribution is 5.71. The van der Waals surface area contributed by atoms with E-state index in [4.69, 9.17) is 4.74 Å². The second-order valence-corrected chi connectivity index (χ2v) is 8.59. The van der Waals surface area contributed by atoms with Crippen LogP contribution in [0.3, 0.4) is 0 Å². The summed E-state index contributed by atoms with van der Waals surface area (Å²) in [6, 6.07) is 3.52. The van der Waals surface area contributed by atoms with E-state index < -0.39 is 11.1 Å². The van der Waals surface area contributed by atoms with Crippen molar-refractivity contribution in [1.82, 2.24) is 19.0 Å². The standard InChI is InChI=1S/C20H30N4O3/c1-13(2)27-16-8-7-15-17(21-16)24(19(26)18(25)22(15)6)14-9-11-23(12-10-14)20(3,4)5/h7-8,13-14H,9-12H2,1-6H3. The first-order chi connectivity index (χ1) is 12.6. The van der Waals surface area contributed by atoms with E-state index >= 15 is 0 Å². The summed E-state index contributed by atoms with van der Waals surface area (Å²) in [4.78, 5) is 32.3. The largest absolute Gasteiger partial charge is 0.475 e. The van der Waals surface area contributed by atoms with Crippen molar-refractivity contribution in [3.05, 3.63) is 32.8 Å². The minimum Gasteiger partial charge on any atom is -0.475 e. The molecule has 0 aliphatic carbocycles. The summed E-state index contributed by atoms with van der Waals surface area (Å²) >= 11 is 0. The summed E-state index contributed by atoms with van der Waals surface area (Å²) in [7, 11) is 1.61. The first-order valence-corrected chi connectivity index (χ1v) is 9.63. The summed E-state index contributed by atoms with van der Waals surface area (Å²) in [5.41, 5.74) is 0.248. The third kappa shape index (κ3) is 3.78. The number of ether oxygens (including phenoxy) is 1. The molecule has 1 saturated heterocycles. The van der Waals surface area contributed by atoms with Gasteiger partial charge in [-0.25, -0.2) is 0 Å². The van der Waals surface area contributed by atoms with Crippen LogP contribution in [0.1, 0.15) is 53.5 Å². The third-order valence-electron chi connectivity index (χ3n) is 5.26. The predicted molar refractivity (Wildman–Crippen MR) is 107 cm³/mol. The second kappa shape index (κ2) is 7.11. The molecule has 0 saturated carbocycles. The molecule has 0 aromatic carbocycles. The summed E-state index contributed by atoms with van der Waals surface area (Å²) in [6.45, 7) is 12.2. The summed E-state index contributed by atoms with van der Waals surface area (Å²) in [6.07, 6.45) is 1.62. The molecule has 0 N–H and O–H groups in total. The van der Waals surface area contributed by atoms with E-state index in [1.165, 1.54) is 4.57 Å². The van der Waals surface area contributed by atoms with E-state index in [2.05, 4.69) is 30.7 Å². The number of rotatable bonds is 3. The van der Waals surface area contributed by atoms with E-state index in [1.54, 1.807) is 17.7 Å². The van der Waals surface area contributed by atoms with Crippen molar-refractivity contribution in [2.45, 2.75) is 65.1 Å². The Morgan fingerprint density at radius 2 is 1.74 bits per heavy atom. The number of aryl methyl sites for hydroxylation is 1. The number of hydrogen-bond acceptors (Lipinski definition) is 5. The van der Waals surface area contributed by atoms with Gasteiger partial charge in [0.1, 0.15) is 0 Å². The van der Waals surface area contributed by atoms with Crippen molar-refractivity contribution in [3.8, 4) is 5.88 Å². The van der Waals surface area contributed by atoms with Gasteiger partial charge in [0.05, 0.1) is 11.6 Å². The van der Waals surface area contributed by atoms with Crippen LogP contribution in [0.2, 0.25) is 0 Å². The molecule has 2 aromatic heterocycles. The Kier molecular flexibility index (Phi) is 5.16. The molecular formula is C20H30N4O3. The molecule has 0 bridgehead atoms. The quantitative estimate of drug-likeness (QED) is 0.771. The van der Waals surface area contributed by atoms with Crippen LogP contribution < -0.4 is 15.9 Å². The number of fused-ring (bicyclic) bond motifs is 1. The van der Waals surface area contributed by atoms with Crippen LogP contribution in [0, 0.1) is 0 Å². The van der Waals surface area contributed by atoms with E-state index in [-0.39, 0.29) is 17.7 Å². The van der Waals surface area contributed by atoms with Crippen molar-refractivity contribution in [1.29, 1.82) is 0 Å². The fourth-order valence-electron chi connectivity index (χ4n) is 3.76. The molecule has 7 heteroatoms. The lowest BCUT2D eigenvalue weighted by Gasteiger charge is -2.41. The topological polar surface area (TPSA) is 69.4 Å². The number of aromatic nitrogens is 3. The van der Waals surface area contributed by atoms with Crippen LogP contribution in [0.4, 0.5) is 0 Å². The zero-order chi connectivity index (χ0) is 19.9. The Morgan fingerprint density at radius 3 is 2.30 bits per heavy atom. The van der Waals surface area contributed by atoms with E-state index in [0.29, 0.717) is 17.0 Å². The van der Waals surface area contributed by atoms with Crippen LogP contribution in [-0.4, -0.2) is 43.8 Å². The molecule has 0 amide bonds. The van der Waals surface area contributed by atoms with Crippen molar-refractivity contribution < 1.29 is 4.74 Å². The van der Waals surface area contributed by atoms with Crippen molar-refractivity contribution in [2.24, 2.45) is 7.05 Å². The van der Waals surface area contributed by atoms with Gasteiger partial charge < -0.3 is 9.30 Å². The van der Waals surface area contributed by atoms with Gasteiger partial charge in [0, 0.05) is 37.8 Å². The minimum atomic E-state index is -0.514. The monoisotopic (exact) mass is 374 g/mol. The van der Waals surface area contributed by atoms with Gasteiger partial charge in [-0.15, -0.1) is 0 Å². The fourth-order valence-corrected chi connectivity index (χ4v) is 3.76. The fraction of sp³-hybridized carbons (Fsp3) is 0.650. The Labute approximate surface area is 159 Å². The highest BCUT2D eigenvalue weighted by Gasteiger charge is 2.29. The molecule has 0 unspecified atom stereocenters. The molecule has 0 spiro atoms. The van der Waals surface area contributed by atoms with Crippen molar-refractivity contribution >= 4 is 11.2 Å². The zero-order valence-corrected chi connectivity index (χ0v) is 17.2. The number of piperidine rings is 1. The molecule has 7 nitrogen and oxygen atoms in total. The van der Waals surface area contributed by atoms with Gasteiger partial charge in [0.25, 0.3) is 0 Å². The van der Waals surface area contributed by atoms with Crippen LogP contribution >= 0.6 is 0 Å². The molecule has 0 radical (unpaired) electrons. The summed E-state index contributed by atoms with van der Waals surface area (Å²) < 4.78 is 8.70.